The Kier molecular flexibility index (Phi) is 8.61. The summed E-state index contributed by atoms with van der Waals surface area (Å²) < 4.78 is 46.7. The van der Waals surface area contributed by atoms with Crippen molar-refractivity contribution in [1.29, 1.82) is 0 Å². The van der Waals surface area contributed by atoms with E-state index in [0.717, 1.165) is 0 Å². The number of hydrogen-bond acceptors (Lipinski definition) is 10. The second kappa shape index (κ2) is 12.3. The first-order valence-electron chi connectivity index (χ1n) is 10.8. The van der Waals surface area contributed by atoms with Crippen LogP contribution in [0.3, 0.4) is 0 Å². The van der Waals surface area contributed by atoms with Crippen molar-refractivity contribution in [2.24, 2.45) is 0 Å². The van der Waals surface area contributed by atoms with E-state index >= 15 is 0 Å². The number of aromatic nitrogens is 5. The van der Waals surface area contributed by atoms with Crippen molar-refractivity contribution in [3.05, 3.63) is 78.1 Å². The number of rotatable bonds is 12. The Labute approximate surface area is 218 Å². The maximum Gasteiger partial charge on any atom is 0.316 e. The van der Waals surface area contributed by atoms with E-state index < -0.39 is 10.2 Å². The van der Waals surface area contributed by atoms with E-state index in [4.69, 9.17) is 25.8 Å². The molecule has 0 unspecified atom stereocenters. The van der Waals surface area contributed by atoms with Crippen molar-refractivity contribution in [3.8, 4) is 28.8 Å². The molecule has 0 amide bonds. The highest BCUT2D eigenvalue weighted by Gasteiger charge is 2.20. The molecular formula is C23H22ClN7O5S. The molecular weight excluding hydrogens is 522 g/mol. The number of ether oxygens (including phenoxy) is 3. The Morgan fingerprint density at radius 2 is 1.68 bits per heavy atom. The van der Waals surface area contributed by atoms with Gasteiger partial charge in [0.1, 0.15) is 19.5 Å². The molecule has 0 aliphatic carbocycles. The third kappa shape index (κ3) is 7.46. The van der Waals surface area contributed by atoms with Crippen LogP contribution in [0.15, 0.2) is 67.4 Å². The summed E-state index contributed by atoms with van der Waals surface area (Å²) in [4.78, 5) is 20.5. The van der Waals surface area contributed by atoms with Gasteiger partial charge in [0.15, 0.2) is 11.6 Å². The molecule has 0 saturated carbocycles. The lowest BCUT2D eigenvalue weighted by Crippen LogP contribution is -2.30. The minimum atomic E-state index is -4.02. The lowest BCUT2D eigenvalue weighted by atomic mass is 10.1. The predicted octanol–water partition coefficient (Wildman–Crippen LogP) is 2.89. The van der Waals surface area contributed by atoms with Crippen LogP contribution < -0.4 is 23.7 Å². The number of anilines is 1. The molecule has 0 aliphatic heterocycles. The number of pyridine rings is 1. The maximum atomic E-state index is 12.8. The van der Waals surface area contributed by atoms with Crippen LogP contribution in [0.4, 0.5) is 5.82 Å². The van der Waals surface area contributed by atoms with Gasteiger partial charge in [0.2, 0.25) is 5.88 Å². The van der Waals surface area contributed by atoms with Gasteiger partial charge in [-0.2, -0.15) is 23.1 Å². The average molecular weight is 544 g/mol. The monoisotopic (exact) mass is 543 g/mol. The highest BCUT2D eigenvalue weighted by molar-refractivity contribution is 7.90. The quantitative estimate of drug-likeness (QED) is 0.255. The van der Waals surface area contributed by atoms with Crippen LogP contribution in [0.5, 0.6) is 17.6 Å². The number of benzene rings is 1. The van der Waals surface area contributed by atoms with Crippen LogP contribution in [0.2, 0.25) is 5.02 Å². The summed E-state index contributed by atoms with van der Waals surface area (Å²) in [5.74, 6) is 0.654. The van der Waals surface area contributed by atoms with Crippen LogP contribution >= 0.6 is 11.6 Å². The second-order valence-electron chi connectivity index (χ2n) is 7.26. The molecule has 0 atom stereocenters. The molecule has 192 valence electrons. The van der Waals surface area contributed by atoms with E-state index in [-0.39, 0.29) is 37.5 Å². The van der Waals surface area contributed by atoms with Gasteiger partial charge in [-0.15, -0.1) is 0 Å². The Morgan fingerprint density at radius 3 is 2.38 bits per heavy atom. The number of nitrogens with one attached hydrogen (secondary N) is 2. The van der Waals surface area contributed by atoms with Gasteiger partial charge >= 0.3 is 16.2 Å². The highest BCUT2D eigenvalue weighted by Crippen LogP contribution is 2.34. The Morgan fingerprint density at radius 1 is 0.919 bits per heavy atom. The number of hydrogen-bond donors (Lipinski definition) is 2. The molecule has 12 nitrogen and oxygen atoms in total. The highest BCUT2D eigenvalue weighted by atomic mass is 35.5. The summed E-state index contributed by atoms with van der Waals surface area (Å²) in [5.41, 5.74) is 1.46. The third-order valence-electron chi connectivity index (χ3n) is 4.74. The fourth-order valence-corrected chi connectivity index (χ4v) is 3.97. The predicted molar refractivity (Wildman–Crippen MR) is 136 cm³/mol. The van der Waals surface area contributed by atoms with Crippen molar-refractivity contribution >= 4 is 27.6 Å². The molecule has 0 aliphatic rings. The molecule has 14 heteroatoms. The topological polar surface area (TPSA) is 150 Å². The van der Waals surface area contributed by atoms with Crippen molar-refractivity contribution in [2.45, 2.75) is 6.54 Å². The van der Waals surface area contributed by atoms with Crippen molar-refractivity contribution in [2.75, 3.05) is 25.0 Å². The Bertz CT molecular complexity index is 1410. The lowest BCUT2D eigenvalue weighted by Gasteiger charge is -2.16. The van der Waals surface area contributed by atoms with E-state index in [0.29, 0.717) is 27.6 Å². The summed E-state index contributed by atoms with van der Waals surface area (Å²) in [6.07, 6.45) is 5.73. The number of nitrogens with zero attached hydrogens (tertiary/aromatic N) is 5. The van der Waals surface area contributed by atoms with Gasteiger partial charge in [0.05, 0.1) is 37.3 Å². The molecule has 0 spiro atoms. The standard InChI is InChI=1S/C23H22ClN7O5S/c1-34-19-13-26-23(27-14-19)36-11-10-35-22-20(16-5-7-17(24)8-6-16)21(28-15-29-22)31-37(32,33)30-12-18-4-2-3-9-25-18/h2-9,13-15,30H,10-12H2,1H3,(H,28,29,31). The first kappa shape index (κ1) is 26.0. The minimum absolute atomic E-state index is 0.00827. The van der Waals surface area contributed by atoms with Gasteiger partial charge in [0, 0.05) is 11.2 Å². The number of methoxy groups -OCH3 is 1. The molecule has 1 aromatic carbocycles. The molecule has 4 rings (SSSR count). The third-order valence-corrected chi connectivity index (χ3v) is 5.98. The van der Waals surface area contributed by atoms with Crippen LogP contribution in [0, 0.1) is 0 Å². The fourth-order valence-electron chi connectivity index (χ4n) is 3.02. The smallest absolute Gasteiger partial charge is 0.316 e. The van der Waals surface area contributed by atoms with E-state index in [2.05, 4.69) is 34.4 Å². The van der Waals surface area contributed by atoms with Crippen LogP contribution in [0.1, 0.15) is 5.69 Å². The van der Waals surface area contributed by atoms with Gasteiger partial charge in [-0.1, -0.05) is 29.8 Å². The summed E-state index contributed by atoms with van der Waals surface area (Å²) in [6.45, 7) is 0.159. The molecule has 0 bridgehead atoms. The first-order valence-corrected chi connectivity index (χ1v) is 12.7. The second-order valence-corrected chi connectivity index (χ2v) is 9.20. The van der Waals surface area contributed by atoms with Crippen LogP contribution in [-0.4, -0.2) is 53.7 Å². The van der Waals surface area contributed by atoms with E-state index in [9.17, 15) is 8.42 Å². The number of halogens is 1. The largest absolute Gasteiger partial charge is 0.494 e. The zero-order chi connectivity index (χ0) is 26.1. The Hall–Kier alpha value is -4.07. The molecule has 2 N–H and O–H groups in total. The van der Waals surface area contributed by atoms with Crippen LogP contribution in [0.25, 0.3) is 11.1 Å². The molecule has 3 aromatic heterocycles. The van der Waals surface area contributed by atoms with Crippen molar-refractivity contribution in [1.82, 2.24) is 29.6 Å². The Balaban J connectivity index is 1.50. The molecule has 0 radical (unpaired) electrons. The average Bonchev–Trinajstić information content (AvgIpc) is 2.91. The zero-order valence-electron chi connectivity index (χ0n) is 19.5. The van der Waals surface area contributed by atoms with Gasteiger partial charge in [-0.05, 0) is 29.8 Å². The zero-order valence-corrected chi connectivity index (χ0v) is 21.1. The van der Waals surface area contributed by atoms with Crippen molar-refractivity contribution < 1.29 is 22.6 Å². The summed E-state index contributed by atoms with van der Waals surface area (Å²) in [6, 6.07) is 12.1. The van der Waals surface area contributed by atoms with Gasteiger partial charge < -0.3 is 14.2 Å². The normalized spacial score (nSPS) is 11.1. The fraction of sp³-hybridized carbons (Fsp3) is 0.174. The molecule has 0 fully saturated rings. The minimum Gasteiger partial charge on any atom is -0.494 e. The van der Waals surface area contributed by atoms with Gasteiger partial charge in [-0.25, -0.2) is 9.97 Å². The SMILES string of the molecule is COc1cnc(OCCOc2ncnc(NS(=O)(=O)NCc3ccccn3)c2-c2ccc(Cl)cc2)nc1. The van der Waals surface area contributed by atoms with Crippen LogP contribution in [-0.2, 0) is 16.8 Å². The van der Waals surface area contributed by atoms with Crippen molar-refractivity contribution in [3.63, 3.8) is 0 Å². The summed E-state index contributed by atoms with van der Waals surface area (Å²) in [7, 11) is -2.51. The molecule has 4 aromatic rings. The molecule has 0 saturated heterocycles. The lowest BCUT2D eigenvalue weighted by molar-refractivity contribution is 0.201. The summed E-state index contributed by atoms with van der Waals surface area (Å²) >= 11 is 6.04. The summed E-state index contributed by atoms with van der Waals surface area (Å²) in [5, 5.41) is 0.509. The van der Waals surface area contributed by atoms with Gasteiger partial charge in [-0.3, -0.25) is 9.71 Å². The molecule has 3 heterocycles. The van der Waals surface area contributed by atoms with E-state index in [1.165, 1.54) is 25.8 Å². The van der Waals surface area contributed by atoms with E-state index in [1.807, 2.05) is 0 Å². The maximum absolute atomic E-state index is 12.8. The van der Waals surface area contributed by atoms with Gasteiger partial charge in [0.25, 0.3) is 0 Å². The molecule has 37 heavy (non-hydrogen) atoms. The first-order chi connectivity index (χ1) is 17.9. The van der Waals surface area contributed by atoms with E-state index in [1.54, 1.807) is 48.7 Å².